The highest BCUT2D eigenvalue weighted by Gasteiger charge is 2.34. The van der Waals surface area contributed by atoms with E-state index in [0.717, 1.165) is 38.1 Å². The van der Waals surface area contributed by atoms with Crippen molar-refractivity contribution in [2.75, 3.05) is 24.5 Å². The lowest BCUT2D eigenvalue weighted by Gasteiger charge is -2.43. The van der Waals surface area contributed by atoms with Gasteiger partial charge in [-0.2, -0.15) is 13.2 Å². The third-order valence-electron chi connectivity index (χ3n) is 6.51. The number of aliphatic hydroxyl groups excluding tert-OH is 1. The standard InChI is InChI=1S/C25H25F3N4O2/c26-25(27,28)19-6-3-7-20(12-19)34-24-13-23(29-16-30-24)32-11-9-21(22(33)15-32)31-10-8-17-4-1-2-5-18(17)14-31/h1-7,12-13,16,21-22,33H,8-11,14-15H2/t21-,22-/m0/s1. The molecule has 1 aromatic heterocycles. The molecule has 1 saturated heterocycles. The van der Waals surface area contributed by atoms with Crippen molar-refractivity contribution < 1.29 is 23.0 Å². The summed E-state index contributed by atoms with van der Waals surface area (Å²) in [4.78, 5) is 12.6. The Bertz CT molecular complexity index is 1160. The fourth-order valence-corrected chi connectivity index (χ4v) is 4.77. The van der Waals surface area contributed by atoms with Gasteiger partial charge in [0.25, 0.3) is 0 Å². The number of anilines is 1. The first-order chi connectivity index (χ1) is 16.4. The number of nitrogens with zero attached hydrogens (tertiary/aromatic N) is 4. The second kappa shape index (κ2) is 9.23. The SMILES string of the molecule is O[C@H]1CN(c2cc(Oc3cccc(C(F)(F)F)c3)ncn2)CC[C@@H]1N1CCc2ccccc2C1. The molecule has 1 N–H and O–H groups in total. The van der Waals surface area contributed by atoms with Crippen LogP contribution in [-0.4, -0.2) is 51.8 Å². The second-order valence-electron chi connectivity index (χ2n) is 8.70. The number of aliphatic hydroxyl groups is 1. The van der Waals surface area contributed by atoms with Gasteiger partial charge in [0.2, 0.25) is 5.88 Å². The summed E-state index contributed by atoms with van der Waals surface area (Å²) in [5, 5.41) is 10.9. The van der Waals surface area contributed by atoms with Crippen LogP contribution < -0.4 is 9.64 Å². The summed E-state index contributed by atoms with van der Waals surface area (Å²) in [6, 6.07) is 14.7. The van der Waals surface area contributed by atoms with Crippen molar-refractivity contribution in [3.8, 4) is 11.6 Å². The minimum absolute atomic E-state index is 0.0450. The quantitative estimate of drug-likeness (QED) is 0.614. The molecule has 34 heavy (non-hydrogen) atoms. The van der Waals surface area contributed by atoms with E-state index in [1.165, 1.54) is 29.6 Å². The molecular weight excluding hydrogens is 445 g/mol. The Balaban J connectivity index is 1.24. The molecule has 3 aromatic rings. The predicted molar refractivity (Wildman–Crippen MR) is 121 cm³/mol. The van der Waals surface area contributed by atoms with Crippen molar-refractivity contribution in [2.45, 2.75) is 37.7 Å². The van der Waals surface area contributed by atoms with Crippen LogP contribution in [0.1, 0.15) is 23.1 Å². The highest BCUT2D eigenvalue weighted by Crippen LogP contribution is 2.33. The third kappa shape index (κ3) is 4.85. The monoisotopic (exact) mass is 470 g/mol. The van der Waals surface area contributed by atoms with Crippen LogP contribution in [0.15, 0.2) is 60.9 Å². The number of hydrogen-bond acceptors (Lipinski definition) is 6. The molecular formula is C25H25F3N4O2. The zero-order chi connectivity index (χ0) is 23.7. The molecule has 0 spiro atoms. The topological polar surface area (TPSA) is 61.7 Å². The van der Waals surface area contributed by atoms with E-state index >= 15 is 0 Å². The number of hydrogen-bond donors (Lipinski definition) is 1. The van der Waals surface area contributed by atoms with Crippen LogP contribution in [0.5, 0.6) is 11.6 Å². The molecule has 2 aliphatic heterocycles. The van der Waals surface area contributed by atoms with Gasteiger partial charge in [-0.1, -0.05) is 30.3 Å². The van der Waals surface area contributed by atoms with E-state index in [1.54, 1.807) is 6.07 Å². The van der Waals surface area contributed by atoms with Gasteiger partial charge in [0.05, 0.1) is 11.7 Å². The highest BCUT2D eigenvalue weighted by atomic mass is 19.4. The lowest BCUT2D eigenvalue weighted by Crippen LogP contribution is -2.55. The van der Waals surface area contributed by atoms with E-state index in [-0.39, 0.29) is 17.7 Å². The van der Waals surface area contributed by atoms with Gasteiger partial charge in [-0.15, -0.1) is 0 Å². The zero-order valence-corrected chi connectivity index (χ0v) is 18.4. The number of ether oxygens (including phenoxy) is 1. The van der Waals surface area contributed by atoms with Crippen LogP contribution in [0.4, 0.5) is 19.0 Å². The number of piperidine rings is 1. The lowest BCUT2D eigenvalue weighted by molar-refractivity contribution is -0.137. The van der Waals surface area contributed by atoms with Crippen LogP contribution >= 0.6 is 0 Å². The zero-order valence-electron chi connectivity index (χ0n) is 18.4. The Kier molecular flexibility index (Phi) is 6.14. The van der Waals surface area contributed by atoms with Crippen molar-refractivity contribution in [3.63, 3.8) is 0 Å². The van der Waals surface area contributed by atoms with Gasteiger partial charge in [-0.05, 0) is 42.2 Å². The van der Waals surface area contributed by atoms with Crippen LogP contribution in [0.25, 0.3) is 0 Å². The minimum atomic E-state index is -4.45. The highest BCUT2D eigenvalue weighted by molar-refractivity contribution is 5.43. The fourth-order valence-electron chi connectivity index (χ4n) is 4.77. The Hall–Kier alpha value is -3.17. The van der Waals surface area contributed by atoms with Crippen LogP contribution in [-0.2, 0) is 19.1 Å². The lowest BCUT2D eigenvalue weighted by atomic mass is 9.94. The van der Waals surface area contributed by atoms with Gasteiger partial charge in [0, 0.05) is 38.3 Å². The molecule has 2 atom stereocenters. The number of alkyl halides is 3. The average Bonchev–Trinajstić information content (AvgIpc) is 2.83. The Morgan fingerprint density at radius 2 is 1.79 bits per heavy atom. The first-order valence-corrected chi connectivity index (χ1v) is 11.3. The van der Waals surface area contributed by atoms with Gasteiger partial charge < -0.3 is 14.7 Å². The number of benzene rings is 2. The van der Waals surface area contributed by atoms with Crippen molar-refractivity contribution in [1.82, 2.24) is 14.9 Å². The fraction of sp³-hybridized carbons (Fsp3) is 0.360. The van der Waals surface area contributed by atoms with E-state index in [9.17, 15) is 18.3 Å². The first-order valence-electron chi connectivity index (χ1n) is 11.3. The summed E-state index contributed by atoms with van der Waals surface area (Å²) in [5.41, 5.74) is 1.90. The molecule has 2 aromatic carbocycles. The molecule has 9 heteroatoms. The maximum absolute atomic E-state index is 13.0. The summed E-state index contributed by atoms with van der Waals surface area (Å²) >= 11 is 0. The largest absolute Gasteiger partial charge is 0.439 e. The van der Waals surface area contributed by atoms with Crippen LogP contribution in [0, 0.1) is 0 Å². The molecule has 0 radical (unpaired) electrons. The molecule has 2 aliphatic rings. The van der Waals surface area contributed by atoms with Gasteiger partial charge in [0.1, 0.15) is 17.9 Å². The number of rotatable bonds is 4. The number of aromatic nitrogens is 2. The molecule has 6 nitrogen and oxygen atoms in total. The average molecular weight is 470 g/mol. The van der Waals surface area contributed by atoms with Crippen molar-refractivity contribution in [3.05, 3.63) is 77.6 Å². The van der Waals surface area contributed by atoms with Gasteiger partial charge in [0.15, 0.2) is 0 Å². The number of fused-ring (bicyclic) bond motifs is 1. The summed E-state index contributed by atoms with van der Waals surface area (Å²) in [5.74, 6) is 0.760. The van der Waals surface area contributed by atoms with E-state index < -0.39 is 17.8 Å². The molecule has 0 saturated carbocycles. The predicted octanol–water partition coefficient (Wildman–Crippen LogP) is 4.29. The second-order valence-corrected chi connectivity index (χ2v) is 8.70. The molecule has 3 heterocycles. The summed E-state index contributed by atoms with van der Waals surface area (Å²) in [6.45, 7) is 2.85. The Morgan fingerprint density at radius 3 is 2.59 bits per heavy atom. The van der Waals surface area contributed by atoms with E-state index in [2.05, 4.69) is 39.1 Å². The third-order valence-corrected chi connectivity index (χ3v) is 6.51. The van der Waals surface area contributed by atoms with E-state index in [4.69, 9.17) is 4.74 Å². The summed E-state index contributed by atoms with van der Waals surface area (Å²) in [7, 11) is 0. The molecule has 5 rings (SSSR count). The Labute approximate surface area is 195 Å². The van der Waals surface area contributed by atoms with Crippen molar-refractivity contribution in [2.24, 2.45) is 0 Å². The smallest absolute Gasteiger partial charge is 0.416 e. The maximum Gasteiger partial charge on any atom is 0.416 e. The molecule has 178 valence electrons. The van der Waals surface area contributed by atoms with Crippen molar-refractivity contribution in [1.29, 1.82) is 0 Å². The molecule has 0 bridgehead atoms. The maximum atomic E-state index is 13.0. The minimum Gasteiger partial charge on any atom is -0.439 e. The molecule has 0 aliphatic carbocycles. The van der Waals surface area contributed by atoms with Gasteiger partial charge in [-0.25, -0.2) is 9.97 Å². The van der Waals surface area contributed by atoms with Crippen LogP contribution in [0.3, 0.4) is 0 Å². The first kappa shape index (κ1) is 22.6. The van der Waals surface area contributed by atoms with E-state index in [1.807, 2.05) is 4.90 Å². The van der Waals surface area contributed by atoms with Gasteiger partial charge >= 0.3 is 6.18 Å². The van der Waals surface area contributed by atoms with Crippen molar-refractivity contribution >= 4 is 5.82 Å². The summed E-state index contributed by atoms with van der Waals surface area (Å²) < 4.78 is 44.5. The normalized spacial score (nSPS) is 21.2. The van der Waals surface area contributed by atoms with Crippen LogP contribution in [0.2, 0.25) is 0 Å². The molecule has 0 unspecified atom stereocenters. The number of β-amino-alcohol motifs (C(OH)–C–C–N with tert-alkyl or cyclic N) is 1. The molecule has 1 fully saturated rings. The molecule has 0 amide bonds. The number of halogens is 3. The summed E-state index contributed by atoms with van der Waals surface area (Å²) in [6.07, 6.45) is -1.93. The van der Waals surface area contributed by atoms with E-state index in [0.29, 0.717) is 18.9 Å². The van der Waals surface area contributed by atoms with Gasteiger partial charge in [-0.3, -0.25) is 4.90 Å². The Morgan fingerprint density at radius 1 is 0.971 bits per heavy atom.